The van der Waals surface area contributed by atoms with E-state index in [1.807, 2.05) is 55.8 Å². The fourth-order valence-corrected chi connectivity index (χ4v) is 3.81. The summed E-state index contributed by atoms with van der Waals surface area (Å²) in [5, 5.41) is 7.63. The number of aromatic nitrogens is 6. The first kappa shape index (κ1) is 23.3. The number of anilines is 1. The number of nitrogens with one attached hydrogen (secondary N) is 1. The third-order valence-corrected chi connectivity index (χ3v) is 5.81. The highest BCUT2D eigenvalue weighted by atomic mass is 19.1. The SMILES string of the molecule is CC(C)(C)C(=O)Nc1cn2nc(-c3c(-c4ccc(F)cc4)ncn3CCc3cccnc3)ccc2n1. The van der Waals surface area contributed by atoms with E-state index < -0.39 is 5.41 Å². The van der Waals surface area contributed by atoms with Crippen molar-refractivity contribution < 1.29 is 9.18 Å². The summed E-state index contributed by atoms with van der Waals surface area (Å²) in [5.41, 5.74) is 4.15. The smallest absolute Gasteiger partial charge is 0.230 e. The van der Waals surface area contributed by atoms with Gasteiger partial charge in [0.1, 0.15) is 11.5 Å². The van der Waals surface area contributed by atoms with Crippen LogP contribution in [0.1, 0.15) is 26.3 Å². The summed E-state index contributed by atoms with van der Waals surface area (Å²) >= 11 is 0. The van der Waals surface area contributed by atoms with E-state index in [1.165, 1.54) is 12.1 Å². The molecule has 1 aromatic carbocycles. The van der Waals surface area contributed by atoms with Crippen LogP contribution in [-0.4, -0.2) is 35.0 Å². The molecule has 0 aliphatic heterocycles. The van der Waals surface area contributed by atoms with E-state index in [0.717, 1.165) is 23.2 Å². The largest absolute Gasteiger partial charge is 0.328 e. The third-order valence-electron chi connectivity index (χ3n) is 5.81. The highest BCUT2D eigenvalue weighted by Crippen LogP contribution is 2.31. The maximum atomic E-state index is 13.6. The number of carbonyl (C=O) groups is 1. The van der Waals surface area contributed by atoms with E-state index in [4.69, 9.17) is 5.10 Å². The van der Waals surface area contributed by atoms with Crippen LogP contribution in [0.5, 0.6) is 0 Å². The number of halogens is 1. The molecule has 4 aromatic heterocycles. The van der Waals surface area contributed by atoms with Crippen molar-refractivity contribution in [1.82, 2.24) is 29.1 Å². The molecule has 0 atom stereocenters. The molecule has 36 heavy (non-hydrogen) atoms. The fourth-order valence-electron chi connectivity index (χ4n) is 3.81. The van der Waals surface area contributed by atoms with Gasteiger partial charge in [0, 0.05) is 29.9 Å². The van der Waals surface area contributed by atoms with E-state index in [2.05, 4.69) is 20.3 Å². The maximum Gasteiger partial charge on any atom is 0.230 e. The summed E-state index contributed by atoms with van der Waals surface area (Å²) in [6.45, 7) is 6.19. The fraction of sp³-hybridized carbons (Fsp3) is 0.222. The van der Waals surface area contributed by atoms with Crippen molar-refractivity contribution in [3.63, 3.8) is 0 Å². The van der Waals surface area contributed by atoms with Gasteiger partial charge in [-0.1, -0.05) is 26.8 Å². The van der Waals surface area contributed by atoms with Crippen molar-refractivity contribution >= 4 is 17.4 Å². The summed E-state index contributed by atoms with van der Waals surface area (Å²) in [4.78, 5) is 25.7. The zero-order valence-corrected chi connectivity index (χ0v) is 20.3. The van der Waals surface area contributed by atoms with E-state index in [1.54, 1.807) is 35.4 Å². The van der Waals surface area contributed by atoms with Crippen LogP contribution in [0.2, 0.25) is 0 Å². The Kier molecular flexibility index (Phi) is 6.05. The minimum absolute atomic E-state index is 0.127. The van der Waals surface area contributed by atoms with Crippen molar-refractivity contribution in [3.05, 3.63) is 84.8 Å². The number of carbonyl (C=O) groups excluding carboxylic acids is 1. The molecule has 182 valence electrons. The predicted molar refractivity (Wildman–Crippen MR) is 136 cm³/mol. The Morgan fingerprint density at radius 3 is 2.61 bits per heavy atom. The molecule has 0 bridgehead atoms. The zero-order valence-electron chi connectivity index (χ0n) is 20.3. The Hall–Kier alpha value is -4.40. The van der Waals surface area contributed by atoms with Crippen molar-refractivity contribution in [2.45, 2.75) is 33.7 Å². The Morgan fingerprint density at radius 2 is 1.89 bits per heavy atom. The lowest BCUT2D eigenvalue weighted by atomic mass is 9.96. The van der Waals surface area contributed by atoms with Crippen LogP contribution in [0.15, 0.2) is 73.4 Å². The molecule has 1 N–H and O–H groups in total. The van der Waals surface area contributed by atoms with Gasteiger partial charge in [-0.3, -0.25) is 9.78 Å². The molecule has 0 spiro atoms. The van der Waals surface area contributed by atoms with Gasteiger partial charge in [0.2, 0.25) is 5.91 Å². The van der Waals surface area contributed by atoms with Gasteiger partial charge in [-0.2, -0.15) is 5.10 Å². The lowest BCUT2D eigenvalue weighted by molar-refractivity contribution is -0.123. The lowest BCUT2D eigenvalue weighted by Crippen LogP contribution is -2.27. The molecule has 0 aliphatic rings. The van der Waals surface area contributed by atoms with Crippen LogP contribution in [0, 0.1) is 11.2 Å². The zero-order chi connectivity index (χ0) is 25.3. The Balaban J connectivity index is 1.54. The van der Waals surface area contributed by atoms with Crippen LogP contribution >= 0.6 is 0 Å². The maximum absolute atomic E-state index is 13.6. The minimum atomic E-state index is -0.542. The summed E-state index contributed by atoms with van der Waals surface area (Å²) in [5.74, 6) is 0.000672. The Labute approximate surface area is 207 Å². The number of hydrogen-bond acceptors (Lipinski definition) is 5. The van der Waals surface area contributed by atoms with Gasteiger partial charge in [-0.15, -0.1) is 0 Å². The number of rotatable bonds is 6. The van der Waals surface area contributed by atoms with Gasteiger partial charge in [-0.25, -0.2) is 18.9 Å². The molecule has 5 aromatic rings. The van der Waals surface area contributed by atoms with Gasteiger partial charge < -0.3 is 9.88 Å². The quantitative estimate of drug-likeness (QED) is 0.366. The second kappa shape index (κ2) is 9.33. The number of pyridine rings is 1. The first-order valence-electron chi connectivity index (χ1n) is 11.7. The topological polar surface area (TPSA) is 90.0 Å². The number of fused-ring (bicyclic) bond motifs is 1. The average Bonchev–Trinajstić information content (AvgIpc) is 3.46. The molecule has 0 saturated carbocycles. The van der Waals surface area contributed by atoms with Crippen LogP contribution in [-0.2, 0) is 17.8 Å². The third kappa shape index (κ3) is 4.86. The summed E-state index contributed by atoms with van der Waals surface area (Å²) in [7, 11) is 0. The first-order chi connectivity index (χ1) is 17.3. The predicted octanol–water partition coefficient (Wildman–Crippen LogP) is 5.02. The van der Waals surface area contributed by atoms with E-state index in [-0.39, 0.29) is 11.7 Å². The molecule has 0 fully saturated rings. The highest BCUT2D eigenvalue weighted by molar-refractivity contribution is 5.93. The summed E-state index contributed by atoms with van der Waals surface area (Å²) < 4.78 is 17.3. The highest BCUT2D eigenvalue weighted by Gasteiger charge is 2.22. The number of imidazole rings is 2. The van der Waals surface area contributed by atoms with Gasteiger partial charge in [0.05, 0.1) is 23.9 Å². The second-order valence-corrected chi connectivity index (χ2v) is 9.60. The normalized spacial score (nSPS) is 11.7. The van der Waals surface area contributed by atoms with Gasteiger partial charge in [-0.05, 0) is 54.4 Å². The van der Waals surface area contributed by atoms with Crippen molar-refractivity contribution in [2.75, 3.05) is 5.32 Å². The minimum Gasteiger partial charge on any atom is -0.328 e. The van der Waals surface area contributed by atoms with Gasteiger partial charge >= 0.3 is 0 Å². The number of aryl methyl sites for hydroxylation is 2. The second-order valence-electron chi connectivity index (χ2n) is 9.60. The van der Waals surface area contributed by atoms with Gasteiger partial charge in [0.25, 0.3) is 0 Å². The van der Waals surface area contributed by atoms with E-state index in [0.29, 0.717) is 29.4 Å². The van der Waals surface area contributed by atoms with Gasteiger partial charge in [0.15, 0.2) is 11.5 Å². The summed E-state index contributed by atoms with van der Waals surface area (Å²) in [6.07, 6.45) is 7.83. The van der Waals surface area contributed by atoms with Crippen LogP contribution in [0.25, 0.3) is 28.3 Å². The molecular weight excluding hydrogens is 457 g/mol. The lowest BCUT2D eigenvalue weighted by Gasteiger charge is -2.15. The van der Waals surface area contributed by atoms with Crippen LogP contribution in [0.3, 0.4) is 0 Å². The molecule has 9 heteroatoms. The molecule has 4 heterocycles. The van der Waals surface area contributed by atoms with E-state index >= 15 is 0 Å². The average molecular weight is 484 g/mol. The molecule has 0 unspecified atom stereocenters. The molecule has 5 rings (SSSR count). The Morgan fingerprint density at radius 1 is 1.08 bits per heavy atom. The number of nitrogens with zero attached hydrogens (tertiary/aromatic N) is 6. The molecule has 0 saturated heterocycles. The standard InChI is InChI=1S/C27H26FN7O/c1-27(2,3)26(36)32-22-16-35-23(31-22)11-10-21(33-35)25-24(19-6-8-20(28)9-7-19)30-17-34(25)14-12-18-5-4-13-29-15-18/h4-11,13,15-17H,12,14H2,1-3H3,(H,32,36). The van der Waals surface area contributed by atoms with Crippen molar-refractivity contribution in [2.24, 2.45) is 5.41 Å². The molecule has 0 radical (unpaired) electrons. The molecule has 1 amide bonds. The van der Waals surface area contributed by atoms with Crippen LogP contribution in [0.4, 0.5) is 10.2 Å². The van der Waals surface area contributed by atoms with Crippen molar-refractivity contribution in [3.8, 4) is 22.6 Å². The molecule has 0 aliphatic carbocycles. The number of benzene rings is 1. The van der Waals surface area contributed by atoms with Crippen molar-refractivity contribution in [1.29, 1.82) is 0 Å². The number of amides is 1. The number of hydrogen-bond donors (Lipinski definition) is 1. The van der Waals surface area contributed by atoms with E-state index in [9.17, 15) is 9.18 Å². The molecular formula is C27H26FN7O. The summed E-state index contributed by atoms with van der Waals surface area (Å²) in [6, 6.07) is 13.9. The monoisotopic (exact) mass is 483 g/mol. The first-order valence-corrected chi connectivity index (χ1v) is 11.7. The molecule has 8 nitrogen and oxygen atoms in total. The Bertz CT molecular complexity index is 1520. The van der Waals surface area contributed by atoms with Crippen LogP contribution < -0.4 is 5.32 Å².